The molecule has 2 amide bonds. The number of nitrogens with one attached hydrogen (secondary N) is 1. The lowest BCUT2D eigenvalue weighted by Crippen LogP contribution is -2.44. The fourth-order valence-corrected chi connectivity index (χ4v) is 4.45. The van der Waals surface area contributed by atoms with Gasteiger partial charge in [-0.15, -0.1) is 0 Å². The molecule has 26 heavy (non-hydrogen) atoms. The van der Waals surface area contributed by atoms with E-state index in [1.54, 1.807) is 0 Å². The van der Waals surface area contributed by atoms with Crippen LogP contribution in [0, 0.1) is 0 Å². The van der Waals surface area contributed by atoms with Crippen molar-refractivity contribution in [1.82, 2.24) is 5.32 Å². The van der Waals surface area contributed by atoms with E-state index in [4.69, 9.17) is 0 Å². The first-order chi connectivity index (χ1) is 12.7. The van der Waals surface area contributed by atoms with Gasteiger partial charge in [0, 0.05) is 24.2 Å². The van der Waals surface area contributed by atoms with E-state index in [2.05, 4.69) is 17.4 Å². The zero-order chi connectivity index (χ0) is 17.7. The molecule has 1 N–H and O–H groups in total. The molecule has 0 bridgehead atoms. The van der Waals surface area contributed by atoms with Gasteiger partial charge in [0.1, 0.15) is 0 Å². The van der Waals surface area contributed by atoms with Crippen molar-refractivity contribution in [2.24, 2.45) is 0 Å². The quantitative estimate of drug-likeness (QED) is 0.929. The van der Waals surface area contributed by atoms with E-state index in [0.29, 0.717) is 6.04 Å². The minimum Gasteiger partial charge on any atom is -0.352 e. The van der Waals surface area contributed by atoms with Crippen molar-refractivity contribution in [1.29, 1.82) is 0 Å². The Bertz CT molecular complexity index is 862. The summed E-state index contributed by atoms with van der Waals surface area (Å²) in [5.41, 5.74) is 4.56. The Labute approximate surface area is 153 Å². The molecule has 0 spiro atoms. The third-order valence-corrected chi connectivity index (χ3v) is 5.85. The van der Waals surface area contributed by atoms with Crippen LogP contribution in [0.25, 0.3) is 0 Å². The van der Waals surface area contributed by atoms with Gasteiger partial charge in [0.05, 0.1) is 5.92 Å². The van der Waals surface area contributed by atoms with E-state index in [1.165, 1.54) is 11.1 Å². The lowest BCUT2D eigenvalue weighted by Gasteiger charge is -2.34. The summed E-state index contributed by atoms with van der Waals surface area (Å²) >= 11 is 0. The van der Waals surface area contributed by atoms with Crippen LogP contribution in [0.2, 0.25) is 0 Å². The number of carbonyl (C=O) groups is 2. The first-order valence-corrected chi connectivity index (χ1v) is 9.49. The van der Waals surface area contributed by atoms with Crippen molar-refractivity contribution < 1.29 is 9.59 Å². The normalized spacial score (nSPS) is 22.1. The summed E-state index contributed by atoms with van der Waals surface area (Å²) in [6, 6.07) is 16.7. The Morgan fingerprint density at radius 1 is 0.923 bits per heavy atom. The van der Waals surface area contributed by atoms with E-state index in [1.807, 2.05) is 41.3 Å². The molecule has 1 saturated carbocycles. The summed E-state index contributed by atoms with van der Waals surface area (Å²) in [5, 5.41) is 3.21. The second kappa shape index (κ2) is 5.97. The molecule has 5 rings (SSSR count). The largest absolute Gasteiger partial charge is 0.352 e. The number of nitrogens with zero attached hydrogens (tertiary/aromatic N) is 1. The molecule has 4 heteroatoms. The lowest BCUT2D eigenvalue weighted by atomic mass is 9.88. The molecule has 0 radical (unpaired) electrons. The average Bonchev–Trinajstić information content (AvgIpc) is 3.39. The molecule has 2 aromatic carbocycles. The Morgan fingerprint density at radius 2 is 1.58 bits per heavy atom. The van der Waals surface area contributed by atoms with Crippen molar-refractivity contribution in [2.75, 3.05) is 4.90 Å². The number of anilines is 1. The summed E-state index contributed by atoms with van der Waals surface area (Å²) in [7, 11) is 0. The van der Waals surface area contributed by atoms with Gasteiger partial charge in [-0.05, 0) is 48.4 Å². The minimum atomic E-state index is -0.377. The van der Waals surface area contributed by atoms with Crippen molar-refractivity contribution >= 4 is 17.5 Å². The Hall–Kier alpha value is -2.62. The number of para-hydroxylation sites is 1. The molecule has 1 fully saturated rings. The van der Waals surface area contributed by atoms with Crippen LogP contribution in [0.3, 0.4) is 0 Å². The van der Waals surface area contributed by atoms with Gasteiger partial charge in [0.25, 0.3) is 0 Å². The summed E-state index contributed by atoms with van der Waals surface area (Å²) in [4.78, 5) is 27.7. The van der Waals surface area contributed by atoms with Crippen molar-refractivity contribution in [3.63, 3.8) is 0 Å². The standard InChI is InChI=1S/C22H22N2O2/c25-21-13-19(18-7-3-4-8-20(18)24(21)17-9-10-17)22(26)23-16-11-14-5-1-2-6-15(14)12-16/h1-8,16-17,19H,9-13H2,(H,23,26). The predicted molar refractivity (Wildman–Crippen MR) is 100 cm³/mol. The average molecular weight is 346 g/mol. The summed E-state index contributed by atoms with van der Waals surface area (Å²) in [5.74, 6) is -0.308. The number of hydrogen-bond acceptors (Lipinski definition) is 2. The highest BCUT2D eigenvalue weighted by atomic mass is 16.2. The highest BCUT2D eigenvalue weighted by Gasteiger charge is 2.42. The topological polar surface area (TPSA) is 49.4 Å². The van der Waals surface area contributed by atoms with Crippen molar-refractivity contribution in [3.8, 4) is 0 Å². The van der Waals surface area contributed by atoms with Gasteiger partial charge in [0.15, 0.2) is 0 Å². The van der Waals surface area contributed by atoms with Gasteiger partial charge in [0.2, 0.25) is 11.8 Å². The van der Waals surface area contributed by atoms with Crippen LogP contribution in [-0.2, 0) is 22.4 Å². The monoisotopic (exact) mass is 346 g/mol. The first kappa shape index (κ1) is 15.6. The molecule has 132 valence electrons. The number of fused-ring (bicyclic) bond motifs is 2. The number of carbonyl (C=O) groups excluding carboxylic acids is 2. The maximum absolute atomic E-state index is 13.0. The Balaban J connectivity index is 1.37. The Morgan fingerprint density at radius 3 is 2.27 bits per heavy atom. The molecule has 1 atom stereocenters. The minimum absolute atomic E-state index is 0.0148. The van der Waals surface area contributed by atoms with Gasteiger partial charge >= 0.3 is 0 Å². The molecule has 2 aliphatic carbocycles. The van der Waals surface area contributed by atoms with Crippen LogP contribution in [0.15, 0.2) is 48.5 Å². The number of amides is 2. The smallest absolute Gasteiger partial charge is 0.228 e. The highest BCUT2D eigenvalue weighted by molar-refractivity contribution is 6.03. The van der Waals surface area contributed by atoms with E-state index in [9.17, 15) is 9.59 Å². The first-order valence-electron chi connectivity index (χ1n) is 9.49. The lowest BCUT2D eigenvalue weighted by molar-refractivity contribution is -0.127. The van der Waals surface area contributed by atoms with Gasteiger partial charge in [-0.2, -0.15) is 0 Å². The molecule has 4 nitrogen and oxygen atoms in total. The predicted octanol–water partition coefficient (Wildman–Crippen LogP) is 2.95. The van der Waals surface area contributed by atoms with Crippen molar-refractivity contribution in [2.45, 2.75) is 50.1 Å². The molecule has 2 aromatic rings. The summed E-state index contributed by atoms with van der Waals surface area (Å²) < 4.78 is 0. The molecule has 1 heterocycles. The third kappa shape index (κ3) is 2.61. The number of benzene rings is 2. The maximum Gasteiger partial charge on any atom is 0.228 e. The van der Waals surface area contributed by atoms with Crippen LogP contribution in [0.1, 0.15) is 41.9 Å². The van der Waals surface area contributed by atoms with Gasteiger partial charge < -0.3 is 10.2 Å². The molecule has 0 saturated heterocycles. The van der Waals surface area contributed by atoms with E-state index in [-0.39, 0.29) is 30.2 Å². The van der Waals surface area contributed by atoms with Crippen LogP contribution < -0.4 is 10.2 Å². The number of rotatable bonds is 3. The zero-order valence-corrected chi connectivity index (χ0v) is 14.7. The van der Waals surface area contributed by atoms with Crippen LogP contribution in [-0.4, -0.2) is 23.9 Å². The summed E-state index contributed by atoms with van der Waals surface area (Å²) in [6.45, 7) is 0. The van der Waals surface area contributed by atoms with Gasteiger partial charge in [-0.1, -0.05) is 42.5 Å². The van der Waals surface area contributed by atoms with Gasteiger partial charge in [-0.3, -0.25) is 9.59 Å². The molecule has 3 aliphatic rings. The highest BCUT2D eigenvalue weighted by Crippen LogP contribution is 2.42. The number of hydrogen-bond donors (Lipinski definition) is 1. The third-order valence-electron chi connectivity index (χ3n) is 5.85. The van der Waals surface area contributed by atoms with Crippen LogP contribution in [0.4, 0.5) is 5.69 Å². The van der Waals surface area contributed by atoms with Crippen molar-refractivity contribution in [3.05, 3.63) is 65.2 Å². The maximum atomic E-state index is 13.0. The summed E-state index contributed by atoms with van der Waals surface area (Å²) in [6.07, 6.45) is 4.16. The molecule has 1 aliphatic heterocycles. The second-order valence-electron chi connectivity index (χ2n) is 7.69. The Kier molecular flexibility index (Phi) is 3.59. The van der Waals surface area contributed by atoms with E-state index in [0.717, 1.165) is 36.9 Å². The van der Waals surface area contributed by atoms with E-state index < -0.39 is 0 Å². The van der Waals surface area contributed by atoms with E-state index >= 15 is 0 Å². The molecular weight excluding hydrogens is 324 g/mol. The molecule has 1 unspecified atom stereocenters. The SMILES string of the molecule is O=C(NC1Cc2ccccc2C1)C1CC(=O)N(C2CC2)c2ccccc21. The molecular formula is C22H22N2O2. The fourth-order valence-electron chi connectivity index (χ4n) is 4.45. The van der Waals surface area contributed by atoms with Gasteiger partial charge in [-0.25, -0.2) is 0 Å². The second-order valence-corrected chi connectivity index (χ2v) is 7.69. The zero-order valence-electron chi connectivity index (χ0n) is 14.7. The van der Waals surface area contributed by atoms with Crippen LogP contribution in [0.5, 0.6) is 0 Å². The van der Waals surface area contributed by atoms with Crippen LogP contribution >= 0.6 is 0 Å². The fraction of sp³-hybridized carbons (Fsp3) is 0.364. The molecule has 0 aromatic heterocycles.